The van der Waals surface area contributed by atoms with Crippen molar-refractivity contribution < 1.29 is 33.0 Å². The monoisotopic (exact) mass is 1970 g/mol. The average Bonchev–Trinajstić information content (AvgIpc) is 1.56. The Bertz CT molecular complexity index is 9680. The van der Waals surface area contributed by atoms with Crippen molar-refractivity contribution >= 4 is 208 Å². The number of nitrogens with zero attached hydrogens (tertiary/aromatic N) is 10. The van der Waals surface area contributed by atoms with Crippen LogP contribution >= 0.6 is 34.8 Å². The molecule has 29 rings (SSSR count). The maximum atomic E-state index is 10.3. The Morgan fingerprint density at radius 2 is 0.486 bits per heavy atom. The molecule has 10 aromatic heterocycles. The first-order valence-electron chi connectivity index (χ1n) is 48.2. The summed E-state index contributed by atoms with van der Waals surface area (Å²) >= 11 is 17.7. The second-order valence-electron chi connectivity index (χ2n) is 35.8. The fourth-order valence-corrected chi connectivity index (χ4v) is 21.0. The van der Waals surface area contributed by atoms with Gasteiger partial charge in [0.1, 0.15) is 44.4 Å². The van der Waals surface area contributed by atoms with Crippen LogP contribution in [0, 0.1) is 0 Å². The first kappa shape index (κ1) is 90.9. The minimum absolute atomic E-state index is 0.163. The number of furan rings is 3. The molecule has 148 heavy (non-hydrogen) atoms. The summed E-state index contributed by atoms with van der Waals surface area (Å²) in [5.41, 5.74) is 28.2. The van der Waals surface area contributed by atoms with Crippen molar-refractivity contribution in [3.05, 3.63) is 483 Å². The summed E-state index contributed by atoms with van der Waals surface area (Å²) in [7, 11) is -0.918. The van der Waals surface area contributed by atoms with Gasteiger partial charge >= 0.3 is 14.8 Å². The topological polar surface area (TPSA) is 206 Å². The van der Waals surface area contributed by atoms with E-state index in [1.54, 1.807) is 12.1 Å². The van der Waals surface area contributed by atoms with Gasteiger partial charge in [-0.2, -0.15) is 0 Å². The molecule has 0 aliphatic heterocycles. The second kappa shape index (κ2) is 39.1. The molecule has 0 saturated carbocycles. The van der Waals surface area contributed by atoms with Crippen LogP contribution in [0.2, 0.25) is 15.7 Å². The molecule has 0 unspecified atom stereocenters. The van der Waals surface area contributed by atoms with Crippen molar-refractivity contribution in [2.45, 2.75) is 0 Å². The van der Waals surface area contributed by atoms with Gasteiger partial charge in [0.25, 0.3) is 0 Å². The zero-order valence-corrected chi connectivity index (χ0v) is 81.0. The average molecular weight is 1970 g/mol. The number of rotatable bonds is 13. The van der Waals surface area contributed by atoms with Crippen LogP contribution < -0.4 is 10.1 Å². The van der Waals surface area contributed by atoms with Gasteiger partial charge in [-0.15, -0.1) is 0 Å². The summed E-state index contributed by atoms with van der Waals surface area (Å²) in [5.74, 6) is 1.23. The number of aromatic nitrogens is 10. The quantitative estimate of drug-likeness (QED) is 0.0559. The molecule has 703 valence electrons. The Morgan fingerprint density at radius 1 is 0.223 bits per heavy atom. The Hall–Kier alpha value is -18.3. The SMILES string of the molecule is Clc1cc(-c2ccccc2)nc(Cl)n1.Clc1nc(-c2ccccc2)cc(-c2ccc3oc4ccccc4c3c2)n1.OB(O)c1cc(-n2c3ccccc3c3ccccc32)cc(-n2c3ccccc3c3ccccc32)c1.O[B]Oc1ccc2oc3ccccc3c2c1.c1ccc(-c2cc(-c3ccc4oc5ccccc5c4c3)nc(-c3cc(-n4c5ccccc5c5ccccc54)cc(-n4c5ccccc5c5ccccc54)c3)n2)cc1. The summed E-state index contributed by atoms with van der Waals surface area (Å²) < 4.78 is 31.9. The van der Waals surface area contributed by atoms with E-state index in [2.05, 4.69) is 305 Å². The Kier molecular flexibility index (Phi) is 24.0. The number of para-hydroxylation sites is 11. The molecule has 19 aromatic carbocycles. The van der Waals surface area contributed by atoms with E-state index in [4.69, 9.17) is 67.7 Å². The van der Waals surface area contributed by atoms with E-state index in [0.29, 0.717) is 29.9 Å². The van der Waals surface area contributed by atoms with Crippen molar-refractivity contribution in [3.63, 3.8) is 0 Å². The highest BCUT2D eigenvalue weighted by molar-refractivity contribution is 6.58. The maximum Gasteiger partial charge on any atom is 0.569 e. The van der Waals surface area contributed by atoms with E-state index in [1.807, 2.05) is 188 Å². The smallest absolute Gasteiger partial charge is 0.537 e. The lowest BCUT2D eigenvalue weighted by molar-refractivity contribution is 0.425. The third-order valence-corrected chi connectivity index (χ3v) is 27.5. The van der Waals surface area contributed by atoms with E-state index in [0.717, 1.165) is 216 Å². The van der Waals surface area contributed by atoms with Crippen LogP contribution in [0.25, 0.3) is 243 Å². The van der Waals surface area contributed by atoms with Crippen LogP contribution in [0.1, 0.15) is 0 Å². The van der Waals surface area contributed by atoms with Crippen LogP contribution in [0.4, 0.5) is 0 Å². The first-order chi connectivity index (χ1) is 72.9. The van der Waals surface area contributed by atoms with Gasteiger partial charge in [-0.25, -0.2) is 29.9 Å². The lowest BCUT2D eigenvalue weighted by Gasteiger charge is -2.16. The molecule has 0 fully saturated rings. The summed E-state index contributed by atoms with van der Waals surface area (Å²) in [6.45, 7) is 0. The van der Waals surface area contributed by atoms with Gasteiger partial charge in [0, 0.05) is 138 Å². The van der Waals surface area contributed by atoms with Crippen molar-refractivity contribution in [2.75, 3.05) is 0 Å². The molecule has 0 aliphatic carbocycles. The molecule has 10 heterocycles. The first-order valence-corrected chi connectivity index (χ1v) is 49.3. The summed E-state index contributed by atoms with van der Waals surface area (Å²) in [6, 6.07) is 158. The van der Waals surface area contributed by atoms with E-state index in [1.165, 1.54) is 21.5 Å². The van der Waals surface area contributed by atoms with Crippen molar-refractivity contribution in [2.24, 2.45) is 0 Å². The lowest BCUT2D eigenvalue weighted by Crippen LogP contribution is -2.30. The Labute approximate surface area is 862 Å². The molecule has 29 aromatic rings. The highest BCUT2D eigenvalue weighted by Gasteiger charge is 2.25. The minimum Gasteiger partial charge on any atom is -0.537 e. The van der Waals surface area contributed by atoms with E-state index >= 15 is 0 Å². The van der Waals surface area contributed by atoms with Crippen molar-refractivity contribution in [3.8, 4) is 96.2 Å². The van der Waals surface area contributed by atoms with Gasteiger partial charge < -0.3 is 51.2 Å². The Morgan fingerprint density at radius 3 is 0.818 bits per heavy atom. The van der Waals surface area contributed by atoms with Crippen LogP contribution in [0.5, 0.6) is 5.75 Å². The van der Waals surface area contributed by atoms with E-state index in [9.17, 15) is 10.0 Å². The molecular weight excluding hydrogens is 1890 g/mol. The molecule has 3 N–H and O–H groups in total. The maximum absolute atomic E-state index is 10.3. The van der Waals surface area contributed by atoms with E-state index in [-0.39, 0.29) is 10.6 Å². The van der Waals surface area contributed by atoms with Gasteiger partial charge in [0.15, 0.2) is 5.82 Å². The van der Waals surface area contributed by atoms with Crippen LogP contribution in [-0.2, 0) is 0 Å². The molecule has 1 radical (unpaired) electrons. The van der Waals surface area contributed by atoms with Gasteiger partial charge in [0.2, 0.25) is 10.6 Å². The molecule has 17 nitrogen and oxygen atoms in total. The summed E-state index contributed by atoms with van der Waals surface area (Å²) in [5, 5.41) is 45.7. The van der Waals surface area contributed by atoms with Crippen LogP contribution in [-0.4, -0.2) is 78.0 Å². The number of hydrogen-bond acceptors (Lipinski definition) is 13. The Balaban J connectivity index is 0.000000106. The number of hydrogen-bond donors (Lipinski definition) is 3. The third-order valence-electron chi connectivity index (χ3n) is 26.9. The highest BCUT2D eigenvalue weighted by Crippen LogP contribution is 2.44. The molecule has 0 bridgehead atoms. The standard InChI is InChI=1S/C52H32N4O.C30H21BN2O2.C22H13ClN2O.C12H8BO3.C10H6Cl2N2/c1-2-14-33(15-3-1)44-32-45(34-26-27-51-43(30-34)42-20-8-13-25-50(42)57-51)54-52(53-44)35-28-36(55-46-21-9-4-16-38(46)39-17-5-10-22-47(39)55)31-37(29-35)56-48-23-11-6-18-40(48)41-19-7-12-24-49(41)56;34-31(35)20-17-21(32-27-13-5-1-9-23(27)24-10-2-6-14-28(24)32)19-22(18-20)33-29-15-7-3-11-25(29)26-12-4-8-16-30(26)33;23-22-24-18(14-6-2-1-3-7-14)13-19(25-22)15-10-11-21-17(12-15)16-8-4-5-9-20(16)26-21;14-13-16-8-5-6-12-10(7-8)9-3-1-2-4-11(9)15-12;11-9-6-8(13-10(12)14-9)7-4-2-1-3-5-7/h1-32H;1-19,34-35H;1-13H;1-7,14H;1-6H. The number of benzene rings is 19. The van der Waals surface area contributed by atoms with Crippen molar-refractivity contribution in [1.82, 2.24) is 48.2 Å². The predicted molar refractivity (Wildman–Crippen MR) is 604 cm³/mol. The summed E-state index contributed by atoms with van der Waals surface area (Å²) in [4.78, 5) is 27.4. The molecule has 0 spiro atoms. The molecular formula is C126H80B2Cl3N10O7. The molecule has 0 aliphatic rings. The van der Waals surface area contributed by atoms with Gasteiger partial charge in [-0.1, -0.05) is 303 Å². The second-order valence-corrected chi connectivity index (χ2v) is 36.8. The van der Waals surface area contributed by atoms with Crippen LogP contribution in [0.15, 0.2) is 480 Å². The predicted octanol–water partition coefficient (Wildman–Crippen LogP) is 31.4. The normalized spacial score (nSPS) is 11.4. The van der Waals surface area contributed by atoms with E-state index < -0.39 is 7.12 Å². The zero-order chi connectivity index (χ0) is 99.4. The van der Waals surface area contributed by atoms with Gasteiger partial charge in [-0.05, 0) is 199 Å². The molecule has 0 atom stereocenters. The summed E-state index contributed by atoms with van der Waals surface area (Å²) in [6.07, 6.45) is 0. The van der Waals surface area contributed by atoms with Gasteiger partial charge in [-0.3, -0.25) is 0 Å². The largest absolute Gasteiger partial charge is 0.569 e. The number of halogens is 3. The molecule has 0 amide bonds. The molecule has 22 heteroatoms. The van der Waals surface area contributed by atoms with Crippen LogP contribution in [0.3, 0.4) is 0 Å². The fraction of sp³-hybridized carbons (Fsp3) is 0. The van der Waals surface area contributed by atoms with Gasteiger partial charge in [0.05, 0.1) is 72.6 Å². The third kappa shape index (κ3) is 17.3. The molecule has 0 saturated heterocycles. The minimum atomic E-state index is -1.59. The number of fused-ring (bicyclic) bond motifs is 21. The fourth-order valence-electron chi connectivity index (χ4n) is 20.4. The highest BCUT2D eigenvalue weighted by atomic mass is 35.5. The lowest BCUT2D eigenvalue weighted by atomic mass is 9.80. The zero-order valence-electron chi connectivity index (χ0n) is 78.7. The van der Waals surface area contributed by atoms with Crippen molar-refractivity contribution in [1.29, 1.82) is 0 Å².